The third-order valence-corrected chi connectivity index (χ3v) is 4.38. The number of pyridine rings is 3. The number of halogens is 8. The summed E-state index contributed by atoms with van der Waals surface area (Å²) in [5.41, 5.74) is 1.24. The number of hydrogen-bond donors (Lipinski definition) is 2. The second kappa shape index (κ2) is 20.0. The van der Waals surface area contributed by atoms with Crippen molar-refractivity contribution in [2.24, 2.45) is 0 Å². The summed E-state index contributed by atoms with van der Waals surface area (Å²) in [6, 6.07) is 16.1. The first-order valence-corrected chi connectivity index (χ1v) is 12.5. The third-order valence-electron chi connectivity index (χ3n) is 4.38. The fourth-order valence-electron chi connectivity index (χ4n) is 2.77. The van der Waals surface area contributed by atoms with E-state index in [9.17, 15) is 44.3 Å². The second-order valence-corrected chi connectivity index (χ2v) is 10.1. The maximum Gasteiger partial charge on any atom is 0.673 e. The molecule has 0 aromatic carbocycles. The molecule has 0 atom stereocenters. The van der Waals surface area contributed by atoms with Crippen molar-refractivity contribution in [2.45, 2.75) is 52.6 Å². The van der Waals surface area contributed by atoms with E-state index in [0.717, 1.165) is 23.7 Å². The molecule has 0 spiro atoms. The van der Waals surface area contributed by atoms with Crippen molar-refractivity contribution in [3.8, 4) is 22.8 Å². The van der Waals surface area contributed by atoms with E-state index in [1.165, 1.54) is 0 Å². The number of aliphatic hydroxyl groups excluding tert-OH is 2. The van der Waals surface area contributed by atoms with E-state index in [2.05, 4.69) is 15.0 Å². The minimum absolute atomic E-state index is 0. The molecule has 248 valence electrons. The van der Waals surface area contributed by atoms with E-state index in [1.54, 1.807) is 24.3 Å². The van der Waals surface area contributed by atoms with Crippen LogP contribution in [0, 0.1) is 9.81 Å². The Bertz CT molecular complexity index is 1230. The zero-order chi connectivity index (χ0) is 35.1. The largest absolute Gasteiger partial charge is 0.673 e. The molecular weight excluding hydrogens is 673 g/mol. The van der Waals surface area contributed by atoms with Gasteiger partial charge in [-0.1, -0.05) is 15.9 Å². The molecule has 0 saturated carbocycles. The van der Waals surface area contributed by atoms with Gasteiger partial charge in [-0.2, -0.15) is 0 Å². The van der Waals surface area contributed by atoms with Crippen LogP contribution in [0.4, 0.5) is 46.2 Å². The Hall–Kier alpha value is -3.24. The molecule has 3 rings (SSSR count). The molecule has 2 N–H and O–H groups in total. The summed E-state index contributed by atoms with van der Waals surface area (Å²) in [5.74, 6) is 0.666. The quantitative estimate of drug-likeness (QED) is 0.164. The third kappa shape index (κ3) is 20.4. The summed E-state index contributed by atoms with van der Waals surface area (Å²) in [5, 5.41) is 14.0. The predicted molar refractivity (Wildman–Crippen MR) is 153 cm³/mol. The summed E-state index contributed by atoms with van der Waals surface area (Å²) in [6.07, 6.45) is 0. The molecule has 9 nitrogen and oxygen atoms in total. The minimum Gasteiger partial charge on any atom is -0.418 e. The van der Waals surface area contributed by atoms with E-state index in [0.29, 0.717) is 34.4 Å². The van der Waals surface area contributed by atoms with Crippen molar-refractivity contribution in [2.75, 3.05) is 14.2 Å². The van der Waals surface area contributed by atoms with Crippen LogP contribution in [0.25, 0.3) is 22.8 Å². The van der Waals surface area contributed by atoms with Crippen molar-refractivity contribution in [1.82, 2.24) is 15.0 Å². The van der Waals surface area contributed by atoms with Crippen molar-refractivity contribution in [1.29, 1.82) is 0 Å². The van der Waals surface area contributed by atoms with Gasteiger partial charge < -0.3 is 44.7 Å². The zero-order valence-corrected chi connectivity index (χ0v) is 29.0. The Morgan fingerprint density at radius 1 is 0.511 bits per heavy atom. The van der Waals surface area contributed by atoms with Crippen LogP contribution in [-0.2, 0) is 19.5 Å². The first-order valence-electron chi connectivity index (χ1n) is 12.5. The van der Waals surface area contributed by atoms with E-state index in [-0.39, 0.29) is 19.5 Å². The van der Waals surface area contributed by atoms with Crippen LogP contribution in [0.3, 0.4) is 0 Å². The van der Waals surface area contributed by atoms with E-state index >= 15 is 0 Å². The predicted octanol–water partition coefficient (Wildman–Crippen LogP) is 7.44. The number of hydrogen-bond acceptors (Lipinski definition) is 7. The first-order chi connectivity index (χ1) is 20.0. The Kier molecular flexibility index (Phi) is 20.5. The topological polar surface area (TPSA) is 119 Å². The molecule has 0 aliphatic carbocycles. The maximum atomic E-state index is 12.5. The number of aromatic nitrogens is 3. The monoisotopic (exact) mass is 707 g/mol. The average molecular weight is 709 g/mol. The molecule has 3 aromatic rings. The summed E-state index contributed by atoms with van der Waals surface area (Å²) < 4.78 is 79.8. The molecule has 0 amide bonds. The van der Waals surface area contributed by atoms with Gasteiger partial charge in [0.25, 0.3) is 0 Å². The van der Waals surface area contributed by atoms with Gasteiger partial charge in [-0.25, -0.2) is 4.98 Å². The Labute approximate surface area is 268 Å². The van der Waals surface area contributed by atoms with Gasteiger partial charge >= 0.3 is 26.1 Å². The second-order valence-electron chi connectivity index (χ2n) is 10.1. The summed E-state index contributed by atoms with van der Waals surface area (Å²) >= 11 is 0. The van der Waals surface area contributed by atoms with Crippen LogP contribution in [0.5, 0.6) is 0 Å². The van der Waals surface area contributed by atoms with Crippen molar-refractivity contribution >= 4 is 26.1 Å². The summed E-state index contributed by atoms with van der Waals surface area (Å²) in [7, 11) is -10.0. The van der Waals surface area contributed by atoms with Crippen LogP contribution in [0.2, 0.25) is 0 Å². The summed E-state index contributed by atoms with van der Waals surface area (Å²) in [6.45, 7) is 11.0. The van der Waals surface area contributed by atoms with E-state index < -0.39 is 25.6 Å². The van der Waals surface area contributed by atoms with Crippen LogP contribution < -0.4 is 0 Å². The number of nitrogens with zero attached hydrogens (tertiary/aromatic N) is 5. The molecule has 0 unspecified atom stereocenters. The molecule has 3 aromatic heterocycles. The molecule has 0 bridgehead atoms. The SMILES string of the molecule is CC(C)(C)[N+](=O)c1cccc(-c2cccc(-c3cccc([N+](=O)C(C)(C)C)n3)n2)n1.CO.CO.F[B-](F)(F)F.F[B-](F)(F)F.[Zn]. The van der Waals surface area contributed by atoms with E-state index in [4.69, 9.17) is 10.2 Å². The van der Waals surface area contributed by atoms with Crippen LogP contribution in [0.15, 0.2) is 54.6 Å². The fraction of sp³-hybridized carbons (Fsp3) is 0.400. The standard InChI is InChI=1S/C23H27N5O2.2CH4O.2BF4.Zn/c1-22(2,3)27(29)20-14-8-12-18(25-20)16-10-7-11-17(24-16)19-13-9-15-21(26-19)28(30)23(4,5)6;2*1-2;2*2-1(3,4)5;/h7-15H,1-6H3;2*2H,1H3;;;/q+2;;;2*-1;. The minimum atomic E-state index is -6.00. The van der Waals surface area contributed by atoms with Gasteiger partial charge in [-0.3, -0.25) is 0 Å². The van der Waals surface area contributed by atoms with Gasteiger partial charge in [-0.15, -0.1) is 0 Å². The number of rotatable bonds is 4. The average Bonchev–Trinajstić information content (AvgIpc) is 2.92. The molecule has 3 heterocycles. The first kappa shape index (κ1) is 46.2. The normalized spacial score (nSPS) is 10.9. The molecule has 0 saturated heterocycles. The molecule has 0 radical (unpaired) electrons. The fourth-order valence-corrected chi connectivity index (χ4v) is 2.77. The molecular formula is C25H35B2F8N5O4Zn. The van der Waals surface area contributed by atoms with Gasteiger partial charge in [0.05, 0.1) is 0 Å². The molecule has 0 aliphatic heterocycles. The zero-order valence-electron chi connectivity index (χ0n) is 26.0. The van der Waals surface area contributed by atoms with Gasteiger partial charge in [0, 0.05) is 45.8 Å². The maximum absolute atomic E-state index is 12.5. The molecule has 20 heteroatoms. The van der Waals surface area contributed by atoms with Gasteiger partial charge in [0.2, 0.25) is 11.4 Å². The van der Waals surface area contributed by atoms with Gasteiger partial charge in [0.15, 0.2) is 0 Å². The van der Waals surface area contributed by atoms with Gasteiger partial charge in [0.1, 0.15) is 22.5 Å². The molecule has 0 aliphatic rings. The van der Waals surface area contributed by atoms with Crippen molar-refractivity contribution < 1.29 is 73.7 Å². The van der Waals surface area contributed by atoms with Crippen LogP contribution >= 0.6 is 0 Å². The Balaban J connectivity index is -0.000001000. The molecule has 45 heavy (non-hydrogen) atoms. The van der Waals surface area contributed by atoms with Crippen LogP contribution in [0.1, 0.15) is 41.5 Å². The number of nitroso groups, excluding NO2 is 2. The Morgan fingerprint density at radius 2 is 0.711 bits per heavy atom. The smallest absolute Gasteiger partial charge is 0.418 e. The van der Waals surface area contributed by atoms with Crippen molar-refractivity contribution in [3.63, 3.8) is 0 Å². The summed E-state index contributed by atoms with van der Waals surface area (Å²) in [4.78, 5) is 38.7. The van der Waals surface area contributed by atoms with Crippen molar-refractivity contribution in [3.05, 3.63) is 64.4 Å². The van der Waals surface area contributed by atoms with Gasteiger partial charge in [-0.05, 0) is 97.4 Å². The molecule has 0 fully saturated rings. The van der Waals surface area contributed by atoms with Crippen LogP contribution in [-0.4, -0.2) is 74.5 Å². The number of aliphatic hydroxyl groups is 2. The van der Waals surface area contributed by atoms with E-state index in [1.807, 2.05) is 71.9 Å². The Morgan fingerprint density at radius 3 is 0.933 bits per heavy atom.